The molecule has 0 bridgehead atoms. The topological polar surface area (TPSA) is 70.8 Å². The maximum Gasteiger partial charge on any atom is 1.00 e. The van der Waals surface area contributed by atoms with Gasteiger partial charge in [0, 0.05) is 0 Å². The van der Waals surface area contributed by atoms with Crippen LogP contribution in [0.3, 0.4) is 0 Å². The number of hydrogen-bond donors (Lipinski definition) is 2. The van der Waals surface area contributed by atoms with Crippen molar-refractivity contribution >= 4 is 18.2 Å². The number of aromatic amines is 2. The first-order valence-corrected chi connectivity index (χ1v) is 3.46. The summed E-state index contributed by atoms with van der Waals surface area (Å²) < 4.78 is 4.93. The average Bonchev–Trinajstić information content (AvgIpc) is 2.36. The number of H-pyrrole nitrogens is 2. The van der Waals surface area contributed by atoms with Crippen molar-refractivity contribution < 1.29 is 71.5 Å². The van der Waals surface area contributed by atoms with Gasteiger partial charge in [0.2, 0.25) is 5.69 Å². The Morgan fingerprint density at radius 1 is 1.69 bits per heavy atom. The van der Waals surface area contributed by atoms with Gasteiger partial charge in [-0.1, -0.05) is 12.2 Å². The van der Waals surface area contributed by atoms with Crippen molar-refractivity contribution in [3.05, 3.63) is 10.3 Å². The first-order valence-electron chi connectivity index (χ1n) is 3.06. The molecule has 0 spiro atoms. The summed E-state index contributed by atoms with van der Waals surface area (Å²) in [7, 11) is 0. The van der Waals surface area contributed by atoms with E-state index >= 15 is 0 Å². The summed E-state index contributed by atoms with van der Waals surface area (Å²) in [6, 6.07) is 0. The summed E-state index contributed by atoms with van der Waals surface area (Å²) in [4.78, 5) is 10.9. The molecule has 1 heterocycles. The largest absolute Gasteiger partial charge is 1.00 e. The molecule has 1 rings (SSSR count). The predicted molar refractivity (Wildman–Crippen MR) is 42.0 cm³/mol. The summed E-state index contributed by atoms with van der Waals surface area (Å²) in [6.45, 7) is 2.04. The van der Waals surface area contributed by atoms with Crippen LogP contribution in [0.1, 0.15) is 20.3 Å². The van der Waals surface area contributed by atoms with Crippen LogP contribution < -0.4 is 59.1 Å². The first kappa shape index (κ1) is 16.3. The number of nitrogens with one attached hydrogen (secondary N) is 2. The molecule has 0 aliphatic rings. The van der Waals surface area contributed by atoms with Crippen molar-refractivity contribution in [3.63, 3.8) is 0 Å². The van der Waals surface area contributed by atoms with Crippen LogP contribution in [0, 0.1) is 4.64 Å². The van der Waals surface area contributed by atoms with Crippen molar-refractivity contribution in [1.29, 1.82) is 0 Å². The van der Waals surface area contributed by atoms with Crippen LogP contribution in [0.15, 0.2) is 0 Å². The monoisotopic (exact) mass is 221 g/mol. The fourth-order valence-electron chi connectivity index (χ4n) is 0.582. The van der Waals surface area contributed by atoms with Gasteiger partial charge in [-0.15, -0.1) is 5.10 Å². The summed E-state index contributed by atoms with van der Waals surface area (Å²) in [5, 5.41) is 8.42. The molecule has 0 fully saturated rings. The Labute approximate surface area is 128 Å². The fourth-order valence-corrected chi connectivity index (χ4v) is 0.757. The molecule has 13 heavy (non-hydrogen) atoms. The van der Waals surface area contributed by atoms with Crippen molar-refractivity contribution in [2.24, 2.45) is 0 Å². The van der Waals surface area contributed by atoms with Gasteiger partial charge in [0.1, 0.15) is 0 Å². The van der Waals surface area contributed by atoms with E-state index in [1.54, 1.807) is 6.92 Å². The number of ether oxygens (including phenoxy) is 1. The quantitative estimate of drug-likeness (QED) is 0.298. The van der Waals surface area contributed by atoms with Crippen LogP contribution in [0.5, 0.6) is 0 Å². The molecule has 0 aromatic carbocycles. The number of esters is 1. The zero-order valence-electron chi connectivity index (χ0n) is 9.88. The number of aromatic nitrogens is 3. The molecule has 1 aromatic rings. The van der Waals surface area contributed by atoms with Crippen molar-refractivity contribution in [1.82, 2.24) is 15.4 Å². The molecule has 0 unspecified atom stereocenters. The maximum atomic E-state index is 10.9. The number of hydrogen-bond acceptors (Lipinski definition) is 4. The van der Waals surface area contributed by atoms with Gasteiger partial charge in [0.25, 0.3) is 0 Å². The fraction of sp³-hybridized carbons (Fsp3) is 0.400. The number of carbonyl (C=O) groups is 1. The summed E-state index contributed by atoms with van der Waals surface area (Å²) in [6.07, 6.45) is 0. The van der Waals surface area contributed by atoms with E-state index < -0.39 is 5.97 Å². The molecule has 0 saturated carbocycles. The standard InChI is InChI=1S/C5H7N3O2S.2Na.2H/c1-2-10-5(9)3-4(11)7-8-6-3;;;;/h2H2,1H3,(H2,6,7,8,11);;;;/q;2*+1;2*-1. The normalized spacial score (nSPS) is 8.08. The second-order valence-corrected chi connectivity index (χ2v) is 2.16. The molecule has 0 saturated heterocycles. The van der Waals surface area contributed by atoms with Crippen molar-refractivity contribution in [2.75, 3.05) is 6.61 Å². The zero-order valence-corrected chi connectivity index (χ0v) is 12.7. The number of nitrogens with zero attached hydrogens (tertiary/aromatic N) is 1. The van der Waals surface area contributed by atoms with Crippen molar-refractivity contribution in [3.8, 4) is 0 Å². The Hall–Kier alpha value is 0.830. The molecule has 0 amide bonds. The molecule has 2 N–H and O–H groups in total. The van der Waals surface area contributed by atoms with Crippen LogP contribution >= 0.6 is 12.2 Å². The minimum atomic E-state index is -0.505. The average molecular weight is 221 g/mol. The Morgan fingerprint density at radius 3 is 2.69 bits per heavy atom. The molecular formula is C5H9N3Na2O2S. The van der Waals surface area contributed by atoms with E-state index in [-0.39, 0.29) is 72.3 Å². The summed E-state index contributed by atoms with van der Waals surface area (Å²) >= 11 is 4.73. The minimum Gasteiger partial charge on any atom is -1.00 e. The van der Waals surface area contributed by atoms with Gasteiger partial charge in [-0.05, 0) is 6.92 Å². The molecule has 5 nitrogen and oxygen atoms in total. The number of carbonyl (C=O) groups excluding carboxylic acids is 1. The van der Waals surface area contributed by atoms with E-state index in [9.17, 15) is 4.79 Å². The van der Waals surface area contributed by atoms with Crippen LogP contribution in [0.25, 0.3) is 0 Å². The molecule has 0 atom stereocenters. The number of rotatable bonds is 2. The predicted octanol–water partition coefficient (Wildman–Crippen LogP) is -5.12. The third-order valence-corrected chi connectivity index (χ3v) is 1.32. The third kappa shape index (κ3) is 4.73. The van der Waals surface area contributed by atoms with E-state index in [1.807, 2.05) is 0 Å². The second-order valence-electron chi connectivity index (χ2n) is 1.75. The zero-order chi connectivity index (χ0) is 8.27. The smallest absolute Gasteiger partial charge is 1.00 e. The van der Waals surface area contributed by atoms with E-state index in [1.165, 1.54) is 0 Å². The third-order valence-electron chi connectivity index (χ3n) is 1.02. The summed E-state index contributed by atoms with van der Waals surface area (Å²) in [5.74, 6) is -0.505. The molecular weight excluding hydrogens is 212 g/mol. The van der Waals surface area contributed by atoms with Gasteiger partial charge in [-0.25, -0.2) is 10.0 Å². The molecule has 64 valence electrons. The van der Waals surface area contributed by atoms with Gasteiger partial charge in [-0.3, -0.25) is 5.10 Å². The van der Waals surface area contributed by atoms with Gasteiger partial charge in [-0.2, -0.15) is 0 Å². The molecule has 0 aliphatic heterocycles. The first-order chi connectivity index (χ1) is 5.25. The van der Waals surface area contributed by atoms with Gasteiger partial charge < -0.3 is 7.59 Å². The SMILES string of the molecule is CCOC(=O)c1n[nH][nH]c1=S.[H-].[H-].[Na+].[Na+]. The summed E-state index contributed by atoms with van der Waals surface area (Å²) in [5.41, 5.74) is 0.127. The second kappa shape index (κ2) is 8.16. The molecule has 0 radical (unpaired) electrons. The Balaban J connectivity index is -0.000000151. The molecule has 0 aliphatic carbocycles. The maximum absolute atomic E-state index is 10.9. The Kier molecular flexibility index (Phi) is 10.2. The van der Waals surface area contributed by atoms with Gasteiger partial charge >= 0.3 is 65.1 Å². The molecule has 8 heteroatoms. The van der Waals surface area contributed by atoms with Gasteiger partial charge in [0.15, 0.2) is 4.64 Å². The van der Waals surface area contributed by atoms with E-state index in [2.05, 4.69) is 20.1 Å². The van der Waals surface area contributed by atoms with E-state index in [4.69, 9.17) is 12.2 Å². The Morgan fingerprint density at radius 2 is 2.31 bits per heavy atom. The van der Waals surface area contributed by atoms with Crippen LogP contribution in [0.4, 0.5) is 0 Å². The van der Waals surface area contributed by atoms with Crippen LogP contribution in [-0.4, -0.2) is 28.0 Å². The van der Waals surface area contributed by atoms with Crippen LogP contribution in [0.2, 0.25) is 0 Å². The molecule has 1 aromatic heterocycles. The minimum absolute atomic E-state index is 0. The van der Waals surface area contributed by atoms with Crippen LogP contribution in [-0.2, 0) is 4.74 Å². The van der Waals surface area contributed by atoms with Gasteiger partial charge in [0.05, 0.1) is 6.61 Å². The van der Waals surface area contributed by atoms with E-state index in [0.717, 1.165) is 0 Å². The Bertz CT molecular complexity index is 319. The van der Waals surface area contributed by atoms with Crippen molar-refractivity contribution in [2.45, 2.75) is 6.92 Å². The van der Waals surface area contributed by atoms with E-state index in [0.29, 0.717) is 6.61 Å².